The Balaban J connectivity index is 1.50. The van der Waals surface area contributed by atoms with E-state index in [1.807, 2.05) is 24.3 Å². The van der Waals surface area contributed by atoms with Crippen LogP contribution in [0.25, 0.3) is 10.8 Å². The second kappa shape index (κ2) is 10.2. The number of H-pyrrole nitrogens is 1. The maximum atomic E-state index is 12.8. The van der Waals surface area contributed by atoms with Gasteiger partial charge in [-0.1, -0.05) is 12.1 Å². The molecule has 0 saturated carbocycles. The Bertz CT molecular complexity index is 1580. The lowest BCUT2D eigenvalue weighted by molar-refractivity contribution is 0.122. The predicted octanol–water partition coefficient (Wildman–Crippen LogP) is 3.50. The SMILES string of the molecule is CN(C)S(=O)(=O)c1ccccc1Nc1cc2cc[nH]c(=O)c2c(Nc2ccc(N3CCOCC3)cc2)n1. The molecule has 2 aromatic heterocycles. The van der Waals surface area contributed by atoms with Gasteiger partial charge in [-0.15, -0.1) is 0 Å². The second-order valence-corrected chi connectivity index (χ2v) is 10.9. The van der Waals surface area contributed by atoms with Crippen molar-refractivity contribution in [1.82, 2.24) is 14.3 Å². The minimum atomic E-state index is -3.69. The molecule has 192 valence electrons. The van der Waals surface area contributed by atoms with Gasteiger partial charge in [0.25, 0.3) is 5.56 Å². The quantitative estimate of drug-likeness (QED) is 0.339. The van der Waals surface area contributed by atoms with Gasteiger partial charge >= 0.3 is 0 Å². The van der Waals surface area contributed by atoms with Gasteiger partial charge < -0.3 is 25.3 Å². The number of hydrogen-bond donors (Lipinski definition) is 3. The van der Waals surface area contributed by atoms with Gasteiger partial charge in [0.1, 0.15) is 16.5 Å². The molecule has 0 aliphatic carbocycles. The summed E-state index contributed by atoms with van der Waals surface area (Å²) in [5, 5.41) is 7.46. The lowest BCUT2D eigenvalue weighted by Crippen LogP contribution is -2.36. The van der Waals surface area contributed by atoms with Crippen LogP contribution in [0.3, 0.4) is 0 Å². The summed E-state index contributed by atoms with van der Waals surface area (Å²) in [5.41, 5.74) is 1.97. The Labute approximate surface area is 215 Å². The third kappa shape index (κ3) is 5.15. The summed E-state index contributed by atoms with van der Waals surface area (Å²) in [7, 11) is -0.718. The topological polar surface area (TPSA) is 120 Å². The van der Waals surface area contributed by atoms with Crippen LogP contribution in [0.4, 0.5) is 28.7 Å². The lowest BCUT2D eigenvalue weighted by atomic mass is 10.2. The number of para-hydroxylation sites is 1. The first kappa shape index (κ1) is 24.8. The molecule has 37 heavy (non-hydrogen) atoms. The van der Waals surface area contributed by atoms with Crippen molar-refractivity contribution in [3.05, 3.63) is 77.2 Å². The molecule has 1 aliphatic heterocycles. The summed E-state index contributed by atoms with van der Waals surface area (Å²) < 4.78 is 32.3. The van der Waals surface area contributed by atoms with Gasteiger partial charge in [0.2, 0.25) is 10.0 Å². The van der Waals surface area contributed by atoms with Crippen molar-refractivity contribution in [2.75, 3.05) is 55.9 Å². The van der Waals surface area contributed by atoms with Crippen LogP contribution in [-0.2, 0) is 14.8 Å². The number of nitrogens with zero attached hydrogens (tertiary/aromatic N) is 3. The molecule has 0 unspecified atom stereocenters. The molecule has 3 heterocycles. The largest absolute Gasteiger partial charge is 0.378 e. The highest BCUT2D eigenvalue weighted by atomic mass is 32.2. The molecule has 1 fully saturated rings. The summed E-state index contributed by atoms with van der Waals surface area (Å²) in [6.45, 7) is 3.09. The molecule has 3 N–H and O–H groups in total. The highest BCUT2D eigenvalue weighted by Crippen LogP contribution is 2.30. The number of hydrogen-bond acceptors (Lipinski definition) is 8. The fourth-order valence-electron chi connectivity index (χ4n) is 4.21. The van der Waals surface area contributed by atoms with E-state index >= 15 is 0 Å². The van der Waals surface area contributed by atoms with Crippen LogP contribution in [0.2, 0.25) is 0 Å². The number of sulfonamides is 1. The number of rotatable bonds is 7. The molecular formula is C26H28N6O4S. The van der Waals surface area contributed by atoms with Crippen LogP contribution in [0.5, 0.6) is 0 Å². The van der Waals surface area contributed by atoms with E-state index in [0.29, 0.717) is 41.3 Å². The van der Waals surface area contributed by atoms with E-state index in [0.717, 1.165) is 28.8 Å². The number of aromatic nitrogens is 2. The van der Waals surface area contributed by atoms with E-state index in [2.05, 4.69) is 25.5 Å². The fraction of sp³-hybridized carbons (Fsp3) is 0.231. The van der Waals surface area contributed by atoms with Crippen LogP contribution in [0.1, 0.15) is 0 Å². The molecule has 0 radical (unpaired) electrons. The molecule has 0 spiro atoms. The van der Waals surface area contributed by atoms with Gasteiger partial charge in [-0.2, -0.15) is 0 Å². The summed E-state index contributed by atoms with van der Waals surface area (Å²) >= 11 is 0. The Morgan fingerprint density at radius 1 is 1.00 bits per heavy atom. The van der Waals surface area contributed by atoms with Crippen molar-refractivity contribution in [3.8, 4) is 0 Å². The van der Waals surface area contributed by atoms with Gasteiger partial charge in [-0.25, -0.2) is 17.7 Å². The zero-order valence-corrected chi connectivity index (χ0v) is 21.4. The molecule has 0 bridgehead atoms. The van der Waals surface area contributed by atoms with Gasteiger partial charge in [0.15, 0.2) is 0 Å². The Hall–Kier alpha value is -3.93. The molecular weight excluding hydrogens is 492 g/mol. The third-order valence-electron chi connectivity index (χ3n) is 6.17. The molecule has 4 aromatic rings. The molecule has 1 saturated heterocycles. The average Bonchev–Trinajstić information content (AvgIpc) is 2.90. The number of fused-ring (bicyclic) bond motifs is 1. The highest BCUT2D eigenvalue weighted by Gasteiger charge is 2.21. The second-order valence-electron chi connectivity index (χ2n) is 8.81. The lowest BCUT2D eigenvalue weighted by Gasteiger charge is -2.28. The molecule has 0 amide bonds. The molecule has 5 rings (SSSR count). The monoisotopic (exact) mass is 520 g/mol. The number of ether oxygens (including phenoxy) is 1. The number of morpholine rings is 1. The van der Waals surface area contributed by atoms with Crippen molar-refractivity contribution >= 4 is 49.5 Å². The molecule has 11 heteroatoms. The number of pyridine rings is 2. The van der Waals surface area contributed by atoms with Gasteiger partial charge in [-0.05, 0) is 53.9 Å². The molecule has 2 aromatic carbocycles. The number of nitrogens with one attached hydrogen (secondary N) is 3. The number of anilines is 5. The molecule has 0 atom stereocenters. The van der Waals surface area contributed by atoms with Gasteiger partial charge in [0, 0.05) is 44.8 Å². The van der Waals surface area contributed by atoms with E-state index in [9.17, 15) is 13.2 Å². The van der Waals surface area contributed by atoms with Crippen molar-refractivity contribution in [2.24, 2.45) is 0 Å². The van der Waals surface area contributed by atoms with Crippen molar-refractivity contribution in [2.45, 2.75) is 4.90 Å². The zero-order chi connectivity index (χ0) is 26.0. The Morgan fingerprint density at radius 3 is 2.46 bits per heavy atom. The van der Waals surface area contributed by atoms with E-state index in [1.54, 1.807) is 42.6 Å². The molecule has 10 nitrogen and oxygen atoms in total. The van der Waals surface area contributed by atoms with Crippen molar-refractivity contribution < 1.29 is 13.2 Å². The van der Waals surface area contributed by atoms with E-state index in [1.165, 1.54) is 14.1 Å². The van der Waals surface area contributed by atoms with Crippen LogP contribution >= 0.6 is 0 Å². The first-order chi connectivity index (χ1) is 17.8. The molecule has 1 aliphatic rings. The maximum Gasteiger partial charge on any atom is 0.259 e. The van der Waals surface area contributed by atoms with E-state index in [-0.39, 0.29) is 10.5 Å². The summed E-state index contributed by atoms with van der Waals surface area (Å²) in [6, 6.07) is 18.0. The normalized spacial score (nSPS) is 14.2. The smallest absolute Gasteiger partial charge is 0.259 e. The van der Waals surface area contributed by atoms with Gasteiger partial charge in [0.05, 0.1) is 24.3 Å². The van der Waals surface area contributed by atoms with E-state index < -0.39 is 10.0 Å². The summed E-state index contributed by atoms with van der Waals surface area (Å²) in [5.74, 6) is 0.751. The Kier molecular flexibility index (Phi) is 6.83. The summed E-state index contributed by atoms with van der Waals surface area (Å²) in [6.07, 6.45) is 1.57. The minimum absolute atomic E-state index is 0.126. The highest BCUT2D eigenvalue weighted by molar-refractivity contribution is 7.89. The Morgan fingerprint density at radius 2 is 1.73 bits per heavy atom. The van der Waals surface area contributed by atoms with Gasteiger partial charge in [-0.3, -0.25) is 4.79 Å². The van der Waals surface area contributed by atoms with Crippen molar-refractivity contribution in [3.63, 3.8) is 0 Å². The van der Waals surface area contributed by atoms with E-state index in [4.69, 9.17) is 4.74 Å². The van der Waals surface area contributed by atoms with Crippen molar-refractivity contribution in [1.29, 1.82) is 0 Å². The first-order valence-corrected chi connectivity index (χ1v) is 13.3. The third-order valence-corrected chi connectivity index (χ3v) is 8.04. The van der Waals surface area contributed by atoms with Crippen LogP contribution in [0, 0.1) is 0 Å². The average molecular weight is 521 g/mol. The van der Waals surface area contributed by atoms with Crippen LogP contribution in [0.15, 0.2) is 76.6 Å². The number of aromatic amines is 1. The zero-order valence-electron chi connectivity index (χ0n) is 20.6. The van der Waals surface area contributed by atoms with Crippen LogP contribution in [-0.4, -0.2) is 63.1 Å². The number of benzene rings is 2. The first-order valence-electron chi connectivity index (χ1n) is 11.8. The summed E-state index contributed by atoms with van der Waals surface area (Å²) in [4.78, 5) is 22.5. The standard InChI is InChI=1S/C26H28N6O4S/c1-31(2)37(34,35)22-6-4-3-5-21(22)29-23-17-18-11-12-27-26(33)24(18)25(30-23)28-19-7-9-20(10-8-19)32-13-15-36-16-14-32/h3-12,17H,13-16H2,1-2H3,(H,27,33)(H2,28,29,30). The fourth-order valence-corrected chi connectivity index (χ4v) is 5.25. The van der Waals surface area contributed by atoms with Crippen LogP contribution < -0.4 is 21.1 Å². The maximum absolute atomic E-state index is 12.8. The minimum Gasteiger partial charge on any atom is -0.378 e. The predicted molar refractivity (Wildman–Crippen MR) is 146 cm³/mol.